The van der Waals surface area contributed by atoms with Crippen LogP contribution < -0.4 is 4.90 Å². The van der Waals surface area contributed by atoms with E-state index in [0.29, 0.717) is 27.2 Å². The lowest BCUT2D eigenvalue weighted by atomic mass is 9.95. The Balaban J connectivity index is 1.65. The van der Waals surface area contributed by atoms with Crippen LogP contribution in [0.1, 0.15) is 22.2 Å². The Morgan fingerprint density at radius 2 is 1.72 bits per heavy atom. The number of carbonyl (C=O) groups excluding carboxylic acids is 2. The molecule has 0 aliphatic carbocycles. The second-order valence-corrected chi connectivity index (χ2v) is 7.79. The number of rotatable bonds is 4. The van der Waals surface area contributed by atoms with Crippen molar-refractivity contribution in [2.24, 2.45) is 0 Å². The van der Waals surface area contributed by atoms with Gasteiger partial charge in [-0.15, -0.1) is 0 Å². The molecule has 2 heterocycles. The summed E-state index contributed by atoms with van der Waals surface area (Å²) in [4.78, 5) is 27.8. The summed E-state index contributed by atoms with van der Waals surface area (Å²) in [6.45, 7) is 0. The maximum atomic E-state index is 13.5. The molecular formula is C25H15ClFNO4. The summed E-state index contributed by atoms with van der Waals surface area (Å²) in [6, 6.07) is 19.7. The van der Waals surface area contributed by atoms with Crippen molar-refractivity contribution in [1.29, 1.82) is 0 Å². The highest BCUT2D eigenvalue weighted by Crippen LogP contribution is 2.42. The van der Waals surface area contributed by atoms with E-state index in [2.05, 4.69) is 0 Å². The maximum Gasteiger partial charge on any atom is 0.294 e. The first-order valence-corrected chi connectivity index (χ1v) is 10.1. The highest BCUT2D eigenvalue weighted by atomic mass is 35.5. The number of carbonyl (C=O) groups is 2. The summed E-state index contributed by atoms with van der Waals surface area (Å²) in [5, 5.41) is 11.9. The van der Waals surface area contributed by atoms with Crippen LogP contribution in [0.3, 0.4) is 0 Å². The lowest BCUT2D eigenvalue weighted by Crippen LogP contribution is -2.31. The Labute approximate surface area is 186 Å². The number of fused-ring (bicyclic) bond motifs is 1. The number of hydrogen-bond donors (Lipinski definition) is 1. The maximum absolute atomic E-state index is 13.5. The summed E-state index contributed by atoms with van der Waals surface area (Å²) < 4.78 is 19.2. The molecule has 1 aliphatic rings. The van der Waals surface area contributed by atoms with E-state index in [1.807, 2.05) is 0 Å². The van der Waals surface area contributed by atoms with Crippen molar-refractivity contribution in [2.75, 3.05) is 4.90 Å². The summed E-state index contributed by atoms with van der Waals surface area (Å²) in [5.41, 5.74) is 1.29. The number of aliphatic hydroxyl groups is 1. The van der Waals surface area contributed by atoms with E-state index in [-0.39, 0.29) is 11.3 Å². The van der Waals surface area contributed by atoms with Gasteiger partial charge in [0.05, 0.1) is 11.6 Å². The van der Waals surface area contributed by atoms with Crippen molar-refractivity contribution >= 4 is 39.9 Å². The van der Waals surface area contributed by atoms with E-state index in [0.717, 1.165) is 0 Å². The molecule has 0 saturated heterocycles. The number of benzene rings is 3. The van der Waals surface area contributed by atoms with Gasteiger partial charge in [-0.25, -0.2) is 4.39 Å². The lowest BCUT2D eigenvalue weighted by Gasteiger charge is -2.26. The number of amides is 1. The van der Waals surface area contributed by atoms with E-state index in [9.17, 15) is 19.1 Å². The normalized spacial score (nSPS) is 16.2. The van der Waals surface area contributed by atoms with E-state index >= 15 is 0 Å². The predicted molar refractivity (Wildman–Crippen MR) is 118 cm³/mol. The topological polar surface area (TPSA) is 70.8 Å². The van der Waals surface area contributed by atoms with E-state index < -0.39 is 29.3 Å². The molecule has 158 valence electrons. The molecule has 0 fully saturated rings. The zero-order valence-electron chi connectivity index (χ0n) is 16.5. The minimum absolute atomic E-state index is 0.0292. The molecular weight excluding hydrogens is 433 g/mol. The van der Waals surface area contributed by atoms with Crippen molar-refractivity contribution in [3.63, 3.8) is 0 Å². The van der Waals surface area contributed by atoms with E-state index in [1.165, 1.54) is 35.2 Å². The molecule has 5 nitrogen and oxygen atoms in total. The first kappa shape index (κ1) is 20.0. The fourth-order valence-corrected chi connectivity index (χ4v) is 4.10. The quantitative estimate of drug-likeness (QED) is 0.389. The van der Waals surface area contributed by atoms with Crippen LogP contribution >= 0.6 is 11.6 Å². The molecule has 32 heavy (non-hydrogen) atoms. The van der Waals surface area contributed by atoms with Gasteiger partial charge in [-0.2, -0.15) is 0 Å². The Hall–Kier alpha value is -3.90. The molecule has 0 saturated carbocycles. The van der Waals surface area contributed by atoms with Gasteiger partial charge >= 0.3 is 0 Å². The van der Waals surface area contributed by atoms with Gasteiger partial charge < -0.3 is 9.52 Å². The molecule has 4 aromatic rings. The van der Waals surface area contributed by atoms with Crippen LogP contribution in [0.5, 0.6) is 0 Å². The van der Waals surface area contributed by atoms with Gasteiger partial charge in [-0.05, 0) is 54.1 Å². The number of ketones is 1. The Morgan fingerprint density at radius 3 is 2.44 bits per heavy atom. The van der Waals surface area contributed by atoms with E-state index in [1.54, 1.807) is 48.5 Å². The monoisotopic (exact) mass is 447 g/mol. The summed E-state index contributed by atoms with van der Waals surface area (Å²) in [5.74, 6) is -2.55. The number of furan rings is 1. The first-order chi connectivity index (χ1) is 15.4. The van der Waals surface area contributed by atoms with Gasteiger partial charge in [0.2, 0.25) is 5.78 Å². The van der Waals surface area contributed by atoms with Gasteiger partial charge in [0.15, 0.2) is 11.5 Å². The number of halogens is 2. The SMILES string of the molecule is O=C(C1=C(O)C(=O)N(c2ccc(F)cc2)C1c1ccccc1)c1cc2cc(Cl)ccc2o1. The van der Waals surface area contributed by atoms with Gasteiger partial charge in [0, 0.05) is 16.1 Å². The zero-order valence-corrected chi connectivity index (χ0v) is 17.2. The third-order valence-corrected chi connectivity index (χ3v) is 5.61. The molecule has 1 atom stereocenters. The summed E-state index contributed by atoms with van der Waals surface area (Å²) >= 11 is 6.02. The van der Waals surface area contributed by atoms with Crippen LogP contribution in [0, 0.1) is 5.82 Å². The van der Waals surface area contributed by atoms with Crippen molar-refractivity contribution in [2.45, 2.75) is 6.04 Å². The van der Waals surface area contributed by atoms with Crippen LogP contribution in [0.2, 0.25) is 5.02 Å². The molecule has 3 aromatic carbocycles. The van der Waals surface area contributed by atoms with Crippen LogP contribution in [0.4, 0.5) is 10.1 Å². The highest BCUT2D eigenvalue weighted by Gasteiger charge is 2.45. The number of Topliss-reactive ketones (excluding diaryl/α,β-unsaturated/α-hetero) is 1. The summed E-state index contributed by atoms with van der Waals surface area (Å²) in [6.07, 6.45) is 0. The van der Waals surface area contributed by atoms with Crippen LogP contribution in [-0.2, 0) is 4.79 Å². The average molecular weight is 448 g/mol. The highest BCUT2D eigenvalue weighted by molar-refractivity contribution is 6.31. The van der Waals surface area contributed by atoms with Gasteiger partial charge in [0.25, 0.3) is 5.91 Å². The minimum Gasteiger partial charge on any atom is -0.503 e. The lowest BCUT2D eigenvalue weighted by molar-refractivity contribution is -0.117. The third-order valence-electron chi connectivity index (χ3n) is 5.38. The average Bonchev–Trinajstić information content (AvgIpc) is 3.33. The Morgan fingerprint density at radius 1 is 1.00 bits per heavy atom. The standard InChI is InChI=1S/C25H15ClFNO4/c26-16-6-11-19-15(12-16)13-20(32-19)23(29)21-22(14-4-2-1-3-5-14)28(25(31)24(21)30)18-9-7-17(27)8-10-18/h1-13,22,30H. The molecule has 1 unspecified atom stereocenters. The molecule has 1 aliphatic heterocycles. The fourth-order valence-electron chi connectivity index (χ4n) is 3.91. The number of anilines is 1. The van der Waals surface area contributed by atoms with Gasteiger partial charge in [0.1, 0.15) is 11.4 Å². The van der Waals surface area contributed by atoms with Crippen molar-refractivity contribution in [1.82, 2.24) is 0 Å². The zero-order chi connectivity index (χ0) is 22.4. The third kappa shape index (κ3) is 3.25. The van der Waals surface area contributed by atoms with Gasteiger partial charge in [-0.3, -0.25) is 14.5 Å². The van der Waals surface area contributed by atoms with Crippen LogP contribution in [-0.4, -0.2) is 16.8 Å². The smallest absolute Gasteiger partial charge is 0.294 e. The van der Waals surface area contributed by atoms with Crippen LogP contribution in [0.25, 0.3) is 11.0 Å². The minimum atomic E-state index is -0.918. The molecule has 1 aromatic heterocycles. The molecule has 5 rings (SSSR count). The predicted octanol–water partition coefficient (Wildman–Crippen LogP) is 6.01. The first-order valence-electron chi connectivity index (χ1n) is 9.75. The second-order valence-electron chi connectivity index (χ2n) is 7.35. The van der Waals surface area contributed by atoms with Crippen molar-refractivity contribution in [3.8, 4) is 0 Å². The van der Waals surface area contributed by atoms with Crippen LogP contribution in [0.15, 0.2) is 94.6 Å². The van der Waals surface area contributed by atoms with Crippen molar-refractivity contribution in [3.05, 3.63) is 112 Å². The molecule has 1 amide bonds. The van der Waals surface area contributed by atoms with E-state index in [4.69, 9.17) is 16.0 Å². The Bertz CT molecular complexity index is 1390. The summed E-state index contributed by atoms with van der Waals surface area (Å²) in [7, 11) is 0. The van der Waals surface area contributed by atoms with Gasteiger partial charge in [-0.1, -0.05) is 41.9 Å². The molecule has 0 spiro atoms. The number of nitrogens with zero attached hydrogens (tertiary/aromatic N) is 1. The second kappa shape index (κ2) is 7.66. The number of hydrogen-bond acceptors (Lipinski definition) is 4. The molecule has 0 bridgehead atoms. The molecule has 1 N–H and O–H groups in total. The Kier molecular flexibility index (Phi) is 4.79. The molecule has 7 heteroatoms. The largest absolute Gasteiger partial charge is 0.503 e. The fraction of sp³-hybridized carbons (Fsp3) is 0.0400. The molecule has 0 radical (unpaired) electrons. The van der Waals surface area contributed by atoms with Crippen molar-refractivity contribution < 1.29 is 23.5 Å². The number of aliphatic hydroxyl groups excluding tert-OH is 1.